The maximum Gasteiger partial charge on any atom is 0.139 e. The smallest absolute Gasteiger partial charge is 0.139 e. The summed E-state index contributed by atoms with van der Waals surface area (Å²) in [5.74, 6) is -0.318. The van der Waals surface area contributed by atoms with Gasteiger partial charge in [0.1, 0.15) is 5.82 Å². The van der Waals surface area contributed by atoms with Crippen molar-refractivity contribution in [3.8, 4) is 0 Å². The van der Waals surface area contributed by atoms with E-state index in [1.54, 1.807) is 6.07 Å². The largest absolute Gasteiger partial charge is 0.397 e. The molecule has 1 heterocycles. The molecule has 1 aliphatic heterocycles. The van der Waals surface area contributed by atoms with Gasteiger partial charge < -0.3 is 10.6 Å². The Morgan fingerprint density at radius 1 is 1.15 bits per heavy atom. The van der Waals surface area contributed by atoms with Crippen LogP contribution in [0.2, 0.25) is 0 Å². The lowest BCUT2D eigenvalue weighted by atomic mass is 10.0. The third-order valence-electron chi connectivity index (χ3n) is 3.76. The van der Waals surface area contributed by atoms with E-state index >= 15 is 0 Å². The third kappa shape index (κ3) is 2.52. The lowest BCUT2D eigenvalue weighted by Crippen LogP contribution is -2.23. The first kappa shape index (κ1) is 13.4. The van der Waals surface area contributed by atoms with Gasteiger partial charge in [-0.25, -0.2) is 4.39 Å². The molecule has 2 aromatic carbocycles. The second-order valence-electron chi connectivity index (χ2n) is 5.12. The van der Waals surface area contributed by atoms with E-state index in [9.17, 15) is 4.39 Å². The van der Waals surface area contributed by atoms with Gasteiger partial charge in [0.15, 0.2) is 0 Å². The summed E-state index contributed by atoms with van der Waals surface area (Å²) in [5.41, 5.74) is 10.1. The van der Waals surface area contributed by atoms with Crippen molar-refractivity contribution in [2.75, 3.05) is 17.2 Å². The minimum Gasteiger partial charge on any atom is -0.397 e. The van der Waals surface area contributed by atoms with Gasteiger partial charge in [-0.05, 0) is 46.0 Å². The number of hydrogen-bond donors (Lipinski definition) is 1. The average Bonchev–Trinajstić information content (AvgIpc) is 2.65. The second kappa shape index (κ2) is 5.44. The first-order chi connectivity index (χ1) is 9.65. The van der Waals surface area contributed by atoms with Gasteiger partial charge in [-0.3, -0.25) is 0 Å². The van der Waals surface area contributed by atoms with Crippen molar-refractivity contribution in [3.05, 3.63) is 57.8 Å². The number of nitrogen functional groups attached to an aromatic ring is 1. The molecule has 0 atom stereocenters. The summed E-state index contributed by atoms with van der Waals surface area (Å²) in [5, 5.41) is 0. The zero-order valence-corrected chi connectivity index (χ0v) is 12.7. The molecule has 4 heteroatoms. The van der Waals surface area contributed by atoms with Crippen molar-refractivity contribution in [1.29, 1.82) is 0 Å². The highest BCUT2D eigenvalue weighted by atomic mass is 79.9. The van der Waals surface area contributed by atoms with E-state index in [2.05, 4.69) is 45.1 Å². The zero-order chi connectivity index (χ0) is 14.1. The van der Waals surface area contributed by atoms with Crippen LogP contribution < -0.4 is 10.6 Å². The Kier molecular flexibility index (Phi) is 3.66. The molecular formula is C16H16BrFN2. The van der Waals surface area contributed by atoms with Crippen molar-refractivity contribution in [2.24, 2.45) is 0 Å². The van der Waals surface area contributed by atoms with Crippen molar-refractivity contribution >= 4 is 27.3 Å². The standard InChI is InChI=1S/C16H16BrFN2/c17-13-8-16(15(19)9-14(13)18)20-7-3-6-11-4-1-2-5-12(11)10-20/h1-2,4-5,8-9H,3,6-7,10,19H2. The van der Waals surface area contributed by atoms with Crippen LogP contribution in [0.5, 0.6) is 0 Å². The van der Waals surface area contributed by atoms with Gasteiger partial charge in [0.05, 0.1) is 15.8 Å². The fourth-order valence-electron chi connectivity index (χ4n) is 2.73. The maximum absolute atomic E-state index is 13.5. The molecule has 0 bridgehead atoms. The van der Waals surface area contributed by atoms with Crippen LogP contribution >= 0.6 is 15.9 Å². The predicted octanol–water partition coefficient (Wildman–Crippen LogP) is 4.12. The highest BCUT2D eigenvalue weighted by molar-refractivity contribution is 9.10. The molecule has 2 nitrogen and oxygen atoms in total. The molecule has 3 rings (SSSR count). The van der Waals surface area contributed by atoms with Crippen LogP contribution in [0, 0.1) is 5.82 Å². The van der Waals surface area contributed by atoms with Crippen LogP contribution in [0.4, 0.5) is 15.8 Å². The second-order valence-corrected chi connectivity index (χ2v) is 5.97. The normalized spacial score (nSPS) is 14.8. The molecule has 104 valence electrons. The molecule has 0 amide bonds. The monoisotopic (exact) mass is 334 g/mol. The lowest BCUT2D eigenvalue weighted by Gasteiger charge is -2.25. The SMILES string of the molecule is Nc1cc(F)c(Br)cc1N1CCCc2ccccc2C1. The Bertz CT molecular complexity index is 642. The van der Waals surface area contributed by atoms with Gasteiger partial charge in [-0.1, -0.05) is 24.3 Å². The molecule has 0 unspecified atom stereocenters. The lowest BCUT2D eigenvalue weighted by molar-refractivity contribution is 0.621. The minimum atomic E-state index is -0.318. The highest BCUT2D eigenvalue weighted by Gasteiger charge is 2.17. The van der Waals surface area contributed by atoms with Crippen LogP contribution in [0.3, 0.4) is 0 Å². The highest BCUT2D eigenvalue weighted by Crippen LogP contribution is 2.32. The molecule has 0 saturated carbocycles. The van der Waals surface area contributed by atoms with E-state index in [0.29, 0.717) is 10.2 Å². The fraction of sp³-hybridized carbons (Fsp3) is 0.250. The van der Waals surface area contributed by atoms with Gasteiger partial charge >= 0.3 is 0 Å². The fourth-order valence-corrected chi connectivity index (χ4v) is 3.06. The summed E-state index contributed by atoms with van der Waals surface area (Å²) in [7, 11) is 0. The number of benzene rings is 2. The number of aryl methyl sites for hydroxylation is 1. The first-order valence-corrected chi connectivity index (χ1v) is 7.50. The number of anilines is 2. The molecule has 2 N–H and O–H groups in total. The molecule has 0 spiro atoms. The third-order valence-corrected chi connectivity index (χ3v) is 4.37. The molecule has 0 aromatic heterocycles. The summed E-state index contributed by atoms with van der Waals surface area (Å²) in [6.07, 6.45) is 2.15. The van der Waals surface area contributed by atoms with Gasteiger partial charge in [-0.15, -0.1) is 0 Å². The molecular weight excluding hydrogens is 319 g/mol. The molecule has 1 aliphatic rings. The molecule has 0 fully saturated rings. The Balaban J connectivity index is 1.97. The first-order valence-electron chi connectivity index (χ1n) is 6.71. The van der Waals surface area contributed by atoms with E-state index in [-0.39, 0.29) is 5.82 Å². The zero-order valence-electron chi connectivity index (χ0n) is 11.1. The Labute approximate surface area is 126 Å². The number of fused-ring (bicyclic) bond motifs is 1. The summed E-state index contributed by atoms with van der Waals surface area (Å²) >= 11 is 3.24. The summed E-state index contributed by atoms with van der Waals surface area (Å²) < 4.78 is 14.0. The van der Waals surface area contributed by atoms with Crippen molar-refractivity contribution < 1.29 is 4.39 Å². The Hall–Kier alpha value is -1.55. The van der Waals surface area contributed by atoms with Gasteiger partial charge in [0, 0.05) is 19.2 Å². The maximum atomic E-state index is 13.5. The Morgan fingerprint density at radius 2 is 1.90 bits per heavy atom. The number of hydrogen-bond acceptors (Lipinski definition) is 2. The summed E-state index contributed by atoms with van der Waals surface area (Å²) in [6.45, 7) is 1.75. The summed E-state index contributed by atoms with van der Waals surface area (Å²) in [4.78, 5) is 2.23. The van der Waals surface area contributed by atoms with E-state index < -0.39 is 0 Å². The van der Waals surface area contributed by atoms with Crippen molar-refractivity contribution in [3.63, 3.8) is 0 Å². The van der Waals surface area contributed by atoms with E-state index in [4.69, 9.17) is 5.73 Å². The van der Waals surface area contributed by atoms with Crippen molar-refractivity contribution in [1.82, 2.24) is 0 Å². The molecule has 0 radical (unpaired) electrons. The quantitative estimate of drug-likeness (QED) is 0.794. The van der Waals surface area contributed by atoms with E-state index in [1.807, 2.05) is 0 Å². The van der Waals surface area contributed by atoms with E-state index in [1.165, 1.54) is 17.2 Å². The number of nitrogens with two attached hydrogens (primary N) is 1. The molecule has 0 saturated heterocycles. The minimum absolute atomic E-state index is 0.318. The number of nitrogens with zero attached hydrogens (tertiary/aromatic N) is 1. The Morgan fingerprint density at radius 3 is 2.70 bits per heavy atom. The van der Waals surface area contributed by atoms with Gasteiger partial charge in [0.25, 0.3) is 0 Å². The average molecular weight is 335 g/mol. The summed E-state index contributed by atoms with van der Waals surface area (Å²) in [6, 6.07) is 11.6. The molecule has 0 aliphatic carbocycles. The van der Waals surface area contributed by atoms with Gasteiger partial charge in [0.2, 0.25) is 0 Å². The predicted molar refractivity (Wildman–Crippen MR) is 84.3 cm³/mol. The molecule has 20 heavy (non-hydrogen) atoms. The number of halogens is 2. The number of rotatable bonds is 1. The topological polar surface area (TPSA) is 29.3 Å². The van der Waals surface area contributed by atoms with Crippen molar-refractivity contribution in [2.45, 2.75) is 19.4 Å². The van der Waals surface area contributed by atoms with Crippen LogP contribution in [0.25, 0.3) is 0 Å². The van der Waals surface area contributed by atoms with Gasteiger partial charge in [-0.2, -0.15) is 0 Å². The van der Waals surface area contributed by atoms with Crippen LogP contribution in [-0.4, -0.2) is 6.54 Å². The van der Waals surface area contributed by atoms with E-state index in [0.717, 1.165) is 31.6 Å². The van der Waals surface area contributed by atoms with Crippen LogP contribution in [0.1, 0.15) is 17.5 Å². The van der Waals surface area contributed by atoms with Crippen LogP contribution in [0.15, 0.2) is 40.9 Å². The van der Waals surface area contributed by atoms with Crippen LogP contribution in [-0.2, 0) is 13.0 Å². The molecule has 2 aromatic rings.